The molecule has 0 amide bonds. The molecule has 11 aromatic carbocycles. The van der Waals surface area contributed by atoms with E-state index in [0.717, 1.165) is 33.5 Å². The van der Waals surface area contributed by atoms with Crippen LogP contribution in [0.2, 0.25) is 0 Å². The van der Waals surface area contributed by atoms with Gasteiger partial charge in [-0.2, -0.15) is 0 Å². The first-order valence-corrected chi connectivity index (χ1v) is 24.9. The predicted molar refractivity (Wildman–Crippen MR) is 296 cm³/mol. The van der Waals surface area contributed by atoms with Crippen LogP contribution in [0.3, 0.4) is 0 Å². The van der Waals surface area contributed by atoms with E-state index in [1.165, 1.54) is 83.3 Å². The minimum Gasteiger partial charge on any atom is -0.228 e. The summed E-state index contributed by atoms with van der Waals surface area (Å²) in [4.78, 5) is 11.0. The lowest BCUT2D eigenvalue weighted by atomic mass is 9.66. The molecule has 2 aliphatic rings. The Hall–Kier alpha value is -9.24. The van der Waals surface area contributed by atoms with Crippen molar-refractivity contribution in [3.63, 3.8) is 0 Å². The molecule has 2 heteroatoms. The molecule has 0 radical (unpaired) electrons. The van der Waals surface area contributed by atoms with Crippen molar-refractivity contribution >= 4 is 10.8 Å². The summed E-state index contributed by atoms with van der Waals surface area (Å²) in [7, 11) is 0. The van der Waals surface area contributed by atoms with E-state index < -0.39 is 10.8 Å². The fourth-order valence-electron chi connectivity index (χ4n) is 12.5. The van der Waals surface area contributed by atoms with Gasteiger partial charge in [0.1, 0.15) is 0 Å². The Kier molecular flexibility index (Phi) is 9.69. The van der Waals surface area contributed by atoms with Gasteiger partial charge < -0.3 is 0 Å². The monoisotopic (exact) mass is 914 g/mol. The number of nitrogens with zero attached hydrogens (tertiary/aromatic N) is 2. The third kappa shape index (κ3) is 6.16. The van der Waals surface area contributed by atoms with E-state index in [1.807, 2.05) is 0 Å². The zero-order valence-electron chi connectivity index (χ0n) is 39.5. The number of hydrogen-bond acceptors (Lipinski definition) is 2. The van der Waals surface area contributed by atoms with Crippen LogP contribution in [0.5, 0.6) is 0 Å². The molecule has 1 aromatic heterocycles. The maximum Gasteiger partial charge on any atom is 0.160 e. The Bertz CT molecular complexity index is 3940. The van der Waals surface area contributed by atoms with Crippen LogP contribution in [0.1, 0.15) is 44.5 Å². The Morgan fingerprint density at radius 3 is 1.25 bits per heavy atom. The molecule has 14 rings (SSSR count). The molecular formula is C70H46N2. The van der Waals surface area contributed by atoms with Gasteiger partial charge in [-0.3, -0.25) is 0 Å². The maximum absolute atomic E-state index is 5.53. The number of rotatable bonds is 8. The first-order chi connectivity index (χ1) is 35.7. The van der Waals surface area contributed by atoms with Crippen LogP contribution >= 0.6 is 0 Å². The Balaban J connectivity index is 0.974. The zero-order valence-corrected chi connectivity index (χ0v) is 39.5. The number of hydrogen-bond donors (Lipinski definition) is 0. The van der Waals surface area contributed by atoms with Gasteiger partial charge in [0.15, 0.2) is 5.82 Å². The van der Waals surface area contributed by atoms with Crippen molar-refractivity contribution < 1.29 is 0 Å². The van der Waals surface area contributed by atoms with E-state index >= 15 is 0 Å². The van der Waals surface area contributed by atoms with Crippen LogP contribution in [0.25, 0.3) is 78.1 Å². The van der Waals surface area contributed by atoms with Gasteiger partial charge in [0, 0.05) is 16.7 Å². The topological polar surface area (TPSA) is 25.8 Å². The van der Waals surface area contributed by atoms with Crippen LogP contribution in [0, 0.1) is 0 Å². The maximum atomic E-state index is 5.53. The molecule has 0 bridgehead atoms. The van der Waals surface area contributed by atoms with Gasteiger partial charge in [-0.1, -0.05) is 267 Å². The summed E-state index contributed by atoms with van der Waals surface area (Å²) in [5.41, 5.74) is 21.2. The predicted octanol–water partition coefficient (Wildman–Crippen LogP) is 17.0. The molecule has 0 aliphatic heterocycles. The number of aromatic nitrogens is 2. The average molecular weight is 915 g/mol. The molecule has 0 N–H and O–H groups in total. The standard InChI is InChI=1S/C70H46N2/c1-6-23-47(24-7-1)68-71-65(46-66(72-68)60-38-22-37-59-56-35-18-21-40-63(56)70(67(59)60,51-29-12-4-13-30-51)52-31-14-5-15-32-52)58-43-42-53(54-33-16-17-34-55(54)58)48-41-44-64-61(45-48)57-36-19-20-39-62(57)69(64,49-25-8-2-9-26-49)50-27-10-3-11-28-50/h1-46H. The molecular weight excluding hydrogens is 869 g/mol. The van der Waals surface area contributed by atoms with E-state index in [-0.39, 0.29) is 0 Å². The molecule has 0 saturated heterocycles. The van der Waals surface area contributed by atoms with Crippen LogP contribution in [-0.2, 0) is 10.8 Å². The lowest BCUT2D eigenvalue weighted by molar-refractivity contribution is 0.768. The van der Waals surface area contributed by atoms with E-state index in [2.05, 4.69) is 279 Å². The van der Waals surface area contributed by atoms with Crippen molar-refractivity contribution in [2.45, 2.75) is 10.8 Å². The molecule has 0 unspecified atom stereocenters. The molecule has 0 fully saturated rings. The van der Waals surface area contributed by atoms with E-state index in [1.54, 1.807) is 0 Å². The lowest BCUT2D eigenvalue weighted by Crippen LogP contribution is -2.29. The second-order valence-electron chi connectivity index (χ2n) is 19.1. The van der Waals surface area contributed by atoms with E-state index in [4.69, 9.17) is 9.97 Å². The van der Waals surface area contributed by atoms with Crippen molar-refractivity contribution in [3.05, 3.63) is 324 Å². The summed E-state index contributed by atoms with van der Waals surface area (Å²) in [6, 6.07) is 102. The summed E-state index contributed by atoms with van der Waals surface area (Å²) in [6.07, 6.45) is 0. The first-order valence-electron chi connectivity index (χ1n) is 24.9. The summed E-state index contributed by atoms with van der Waals surface area (Å²) in [5.74, 6) is 0.687. The van der Waals surface area contributed by atoms with Crippen LogP contribution in [0.4, 0.5) is 0 Å². The van der Waals surface area contributed by atoms with Gasteiger partial charge in [-0.05, 0) is 101 Å². The normalized spacial score (nSPS) is 13.5. The third-order valence-corrected chi connectivity index (χ3v) is 15.5. The molecule has 2 aliphatic carbocycles. The van der Waals surface area contributed by atoms with Gasteiger partial charge in [0.2, 0.25) is 0 Å². The highest BCUT2D eigenvalue weighted by Crippen LogP contribution is 2.60. The van der Waals surface area contributed by atoms with Crippen molar-refractivity contribution in [2.24, 2.45) is 0 Å². The third-order valence-electron chi connectivity index (χ3n) is 15.5. The second kappa shape index (κ2) is 16.7. The van der Waals surface area contributed by atoms with Crippen molar-refractivity contribution in [3.8, 4) is 67.3 Å². The van der Waals surface area contributed by atoms with Crippen LogP contribution in [0.15, 0.2) is 279 Å². The highest BCUT2D eigenvalue weighted by Gasteiger charge is 2.48. The molecule has 12 aromatic rings. The highest BCUT2D eigenvalue weighted by atomic mass is 14.9. The lowest BCUT2D eigenvalue weighted by Gasteiger charge is -2.35. The SMILES string of the molecule is c1ccc(-c2nc(-c3cccc4c3C(c3ccccc3)(c3ccccc3)c3ccccc3-4)cc(-c3ccc(-c4ccc5c(c4)-c4ccccc4C5(c4ccccc4)c4ccccc4)c4ccccc34)n2)cc1. The molecule has 0 spiro atoms. The van der Waals surface area contributed by atoms with Gasteiger partial charge in [0.05, 0.1) is 22.2 Å². The van der Waals surface area contributed by atoms with Gasteiger partial charge >= 0.3 is 0 Å². The number of fused-ring (bicyclic) bond motifs is 7. The number of benzene rings is 11. The highest BCUT2D eigenvalue weighted by molar-refractivity contribution is 6.06. The molecule has 72 heavy (non-hydrogen) atoms. The van der Waals surface area contributed by atoms with Crippen LogP contribution in [-0.4, -0.2) is 9.97 Å². The molecule has 336 valence electrons. The summed E-state index contributed by atoms with van der Waals surface area (Å²) in [5, 5.41) is 2.30. The van der Waals surface area contributed by atoms with Crippen molar-refractivity contribution in [1.82, 2.24) is 9.97 Å². The molecule has 0 atom stereocenters. The zero-order chi connectivity index (χ0) is 47.6. The summed E-state index contributed by atoms with van der Waals surface area (Å²) < 4.78 is 0. The van der Waals surface area contributed by atoms with E-state index in [0.29, 0.717) is 5.82 Å². The quantitative estimate of drug-likeness (QED) is 0.152. The Labute approximate surface area is 420 Å². The van der Waals surface area contributed by atoms with Crippen LogP contribution < -0.4 is 0 Å². The largest absolute Gasteiger partial charge is 0.228 e. The smallest absolute Gasteiger partial charge is 0.160 e. The minimum atomic E-state index is -0.602. The van der Waals surface area contributed by atoms with Crippen molar-refractivity contribution in [1.29, 1.82) is 0 Å². The minimum absolute atomic E-state index is 0.455. The van der Waals surface area contributed by atoms with Gasteiger partial charge in [-0.15, -0.1) is 0 Å². The Morgan fingerprint density at radius 2 is 0.653 bits per heavy atom. The second-order valence-corrected chi connectivity index (χ2v) is 19.1. The summed E-state index contributed by atoms with van der Waals surface area (Å²) >= 11 is 0. The molecule has 2 nitrogen and oxygen atoms in total. The fraction of sp³-hybridized carbons (Fsp3) is 0.0286. The van der Waals surface area contributed by atoms with Crippen molar-refractivity contribution in [2.75, 3.05) is 0 Å². The first kappa shape index (κ1) is 41.7. The fourth-order valence-corrected chi connectivity index (χ4v) is 12.5. The van der Waals surface area contributed by atoms with Gasteiger partial charge in [-0.25, -0.2) is 9.97 Å². The summed E-state index contributed by atoms with van der Waals surface area (Å²) in [6.45, 7) is 0. The van der Waals surface area contributed by atoms with E-state index in [9.17, 15) is 0 Å². The molecule has 0 saturated carbocycles. The van der Waals surface area contributed by atoms with Gasteiger partial charge in [0.25, 0.3) is 0 Å². The molecule has 1 heterocycles. The Morgan fingerprint density at radius 1 is 0.236 bits per heavy atom. The average Bonchev–Trinajstić information content (AvgIpc) is 3.95.